The summed E-state index contributed by atoms with van der Waals surface area (Å²) in [5.74, 6) is 1.38. The number of pyridine rings is 1. The van der Waals surface area contributed by atoms with E-state index >= 15 is 0 Å². The van der Waals surface area contributed by atoms with Crippen molar-refractivity contribution in [3.63, 3.8) is 0 Å². The largest absolute Gasteiger partial charge is 0.338 e. The first kappa shape index (κ1) is 21.8. The molecule has 3 aromatic rings. The highest BCUT2D eigenvalue weighted by Crippen LogP contribution is 2.41. The van der Waals surface area contributed by atoms with Gasteiger partial charge >= 0.3 is 0 Å². The van der Waals surface area contributed by atoms with Gasteiger partial charge in [-0.1, -0.05) is 38.1 Å². The molecule has 1 aliphatic carbocycles. The van der Waals surface area contributed by atoms with Gasteiger partial charge in [-0.3, -0.25) is 14.3 Å². The lowest BCUT2D eigenvalue weighted by Crippen LogP contribution is -2.43. The second kappa shape index (κ2) is 9.10. The van der Waals surface area contributed by atoms with Crippen molar-refractivity contribution in [2.75, 3.05) is 18.0 Å². The van der Waals surface area contributed by atoms with Gasteiger partial charge in [-0.2, -0.15) is 0 Å². The van der Waals surface area contributed by atoms with Crippen molar-refractivity contribution >= 4 is 5.95 Å². The number of nitrogens with zero attached hydrogens (tertiary/aromatic N) is 4. The van der Waals surface area contributed by atoms with Gasteiger partial charge in [0.05, 0.1) is 11.3 Å². The van der Waals surface area contributed by atoms with Gasteiger partial charge in [0.25, 0.3) is 5.56 Å². The van der Waals surface area contributed by atoms with E-state index in [2.05, 4.69) is 47.2 Å². The lowest BCUT2D eigenvalue weighted by Gasteiger charge is -2.29. The first-order chi connectivity index (χ1) is 16.0. The van der Waals surface area contributed by atoms with Crippen molar-refractivity contribution in [2.45, 2.75) is 57.5 Å². The molecular formula is C27H33N5O. The van der Waals surface area contributed by atoms with Gasteiger partial charge in [-0.25, -0.2) is 4.98 Å². The molecular weight excluding hydrogens is 410 g/mol. The SMILES string of the molecule is CC(C)NC[C@H]1CCCN1c1nc(-c2ccncc2)c(-c2cccc(C3CC3)c2)c(=O)n1C. The van der Waals surface area contributed by atoms with Crippen LogP contribution in [0.2, 0.25) is 0 Å². The molecule has 3 heterocycles. The molecule has 1 saturated carbocycles. The van der Waals surface area contributed by atoms with Crippen LogP contribution in [0.3, 0.4) is 0 Å². The summed E-state index contributed by atoms with van der Waals surface area (Å²) >= 11 is 0. The molecule has 0 radical (unpaired) electrons. The standard InChI is InChI=1S/C27H33N5O/c1-18(2)29-17-23-8-5-15-32(23)27-30-25(20-11-13-28-14-12-20)24(26(33)31(27)3)22-7-4-6-21(16-22)19-9-10-19/h4,6-7,11-14,16,18-19,23,29H,5,8-10,15,17H2,1-3H3/t23-/m1/s1. The van der Waals surface area contributed by atoms with E-state index in [1.807, 2.05) is 25.2 Å². The van der Waals surface area contributed by atoms with E-state index in [9.17, 15) is 4.79 Å². The summed E-state index contributed by atoms with van der Waals surface area (Å²) in [7, 11) is 1.86. The van der Waals surface area contributed by atoms with Crippen LogP contribution in [0, 0.1) is 0 Å². The first-order valence-corrected chi connectivity index (χ1v) is 12.1. The highest BCUT2D eigenvalue weighted by Gasteiger charge is 2.30. The average Bonchev–Trinajstić information content (AvgIpc) is 3.58. The Kier molecular flexibility index (Phi) is 6.02. The maximum atomic E-state index is 13.9. The zero-order valence-electron chi connectivity index (χ0n) is 19.8. The predicted molar refractivity (Wildman–Crippen MR) is 134 cm³/mol. The Morgan fingerprint density at radius 2 is 1.88 bits per heavy atom. The van der Waals surface area contributed by atoms with Crippen molar-refractivity contribution in [3.8, 4) is 22.4 Å². The highest BCUT2D eigenvalue weighted by atomic mass is 16.1. The lowest BCUT2D eigenvalue weighted by molar-refractivity contribution is 0.517. The third-order valence-electron chi connectivity index (χ3n) is 6.84. The zero-order valence-corrected chi connectivity index (χ0v) is 19.8. The van der Waals surface area contributed by atoms with Gasteiger partial charge in [0, 0.05) is 50.2 Å². The summed E-state index contributed by atoms with van der Waals surface area (Å²) in [6.45, 7) is 6.14. The highest BCUT2D eigenvalue weighted by molar-refractivity contribution is 5.81. The summed E-state index contributed by atoms with van der Waals surface area (Å²) in [5.41, 5.74) is 4.61. The molecule has 2 fully saturated rings. The number of nitrogens with one attached hydrogen (secondary N) is 1. The van der Waals surface area contributed by atoms with E-state index in [1.165, 1.54) is 18.4 Å². The molecule has 2 aromatic heterocycles. The third-order valence-corrected chi connectivity index (χ3v) is 6.84. The second-order valence-electron chi connectivity index (χ2n) is 9.69. The Hall–Kier alpha value is -2.99. The Morgan fingerprint density at radius 1 is 1.09 bits per heavy atom. The van der Waals surface area contributed by atoms with Crippen LogP contribution in [-0.2, 0) is 7.05 Å². The molecule has 1 atom stereocenters. The third kappa shape index (κ3) is 4.44. The summed E-state index contributed by atoms with van der Waals surface area (Å²) in [6.07, 6.45) is 8.21. The number of benzene rings is 1. The van der Waals surface area contributed by atoms with E-state index in [0.717, 1.165) is 48.7 Å². The van der Waals surface area contributed by atoms with Gasteiger partial charge in [-0.05, 0) is 54.9 Å². The maximum absolute atomic E-state index is 13.9. The maximum Gasteiger partial charge on any atom is 0.263 e. The van der Waals surface area contributed by atoms with Crippen molar-refractivity contribution < 1.29 is 0 Å². The smallest absolute Gasteiger partial charge is 0.263 e. The Labute approximate surface area is 195 Å². The van der Waals surface area contributed by atoms with Crippen molar-refractivity contribution in [1.29, 1.82) is 0 Å². The number of rotatable bonds is 7. The van der Waals surface area contributed by atoms with E-state index in [4.69, 9.17) is 4.98 Å². The minimum absolute atomic E-state index is 0.00206. The van der Waals surface area contributed by atoms with Gasteiger partial charge in [0.1, 0.15) is 0 Å². The molecule has 1 N–H and O–H groups in total. The van der Waals surface area contributed by atoms with E-state index in [0.29, 0.717) is 23.6 Å². The van der Waals surface area contributed by atoms with Crippen LogP contribution >= 0.6 is 0 Å². The molecule has 0 unspecified atom stereocenters. The van der Waals surface area contributed by atoms with Crippen LogP contribution in [0.5, 0.6) is 0 Å². The van der Waals surface area contributed by atoms with Crippen molar-refractivity contribution in [1.82, 2.24) is 19.9 Å². The normalized spacial score (nSPS) is 18.3. The molecule has 1 aromatic carbocycles. The molecule has 1 saturated heterocycles. The van der Waals surface area contributed by atoms with Crippen LogP contribution in [-0.4, -0.2) is 39.7 Å². The van der Waals surface area contributed by atoms with Crippen LogP contribution in [0.1, 0.15) is 51.0 Å². The molecule has 2 aliphatic rings. The Morgan fingerprint density at radius 3 is 2.61 bits per heavy atom. The van der Waals surface area contributed by atoms with E-state index in [1.54, 1.807) is 17.0 Å². The average molecular weight is 444 g/mol. The molecule has 0 amide bonds. The number of hydrogen-bond acceptors (Lipinski definition) is 5. The van der Waals surface area contributed by atoms with Crippen molar-refractivity contribution in [2.24, 2.45) is 7.05 Å². The van der Waals surface area contributed by atoms with Crippen LogP contribution in [0.4, 0.5) is 5.95 Å². The van der Waals surface area contributed by atoms with Gasteiger partial charge in [0.15, 0.2) is 0 Å². The lowest BCUT2D eigenvalue weighted by atomic mass is 9.98. The molecule has 1 aliphatic heterocycles. The summed E-state index contributed by atoms with van der Waals surface area (Å²) in [4.78, 5) is 25.5. The van der Waals surface area contributed by atoms with E-state index < -0.39 is 0 Å². The molecule has 6 nitrogen and oxygen atoms in total. The Bertz CT molecular complexity index is 1180. The number of aromatic nitrogens is 3. The van der Waals surface area contributed by atoms with Crippen LogP contribution < -0.4 is 15.8 Å². The minimum atomic E-state index is 0.00206. The monoisotopic (exact) mass is 443 g/mol. The molecule has 0 spiro atoms. The fourth-order valence-electron chi connectivity index (χ4n) is 4.87. The second-order valence-corrected chi connectivity index (χ2v) is 9.69. The van der Waals surface area contributed by atoms with Gasteiger partial charge in [-0.15, -0.1) is 0 Å². The number of anilines is 1. The minimum Gasteiger partial charge on any atom is -0.338 e. The number of hydrogen-bond donors (Lipinski definition) is 1. The topological polar surface area (TPSA) is 63.0 Å². The molecule has 6 heteroatoms. The van der Waals surface area contributed by atoms with Crippen LogP contribution in [0.15, 0.2) is 53.6 Å². The molecule has 0 bridgehead atoms. The fraction of sp³-hybridized carbons (Fsp3) is 0.444. The van der Waals surface area contributed by atoms with E-state index in [-0.39, 0.29) is 5.56 Å². The summed E-state index contributed by atoms with van der Waals surface area (Å²) < 4.78 is 1.75. The first-order valence-electron chi connectivity index (χ1n) is 12.1. The molecule has 33 heavy (non-hydrogen) atoms. The summed E-state index contributed by atoms with van der Waals surface area (Å²) in [5, 5.41) is 3.56. The van der Waals surface area contributed by atoms with Gasteiger partial charge < -0.3 is 10.2 Å². The molecule has 5 rings (SSSR count). The van der Waals surface area contributed by atoms with Crippen LogP contribution in [0.25, 0.3) is 22.4 Å². The quantitative estimate of drug-likeness (QED) is 0.588. The van der Waals surface area contributed by atoms with Gasteiger partial charge in [0.2, 0.25) is 5.95 Å². The fourth-order valence-corrected chi connectivity index (χ4v) is 4.87. The summed E-state index contributed by atoms with van der Waals surface area (Å²) in [6, 6.07) is 13.1. The predicted octanol–water partition coefficient (Wildman–Crippen LogP) is 4.35. The van der Waals surface area contributed by atoms with Crippen molar-refractivity contribution in [3.05, 3.63) is 64.7 Å². The zero-order chi connectivity index (χ0) is 22.9. The Balaban J connectivity index is 1.64. The molecule has 172 valence electrons.